The summed E-state index contributed by atoms with van der Waals surface area (Å²) in [6.45, 7) is 2.16. The van der Waals surface area contributed by atoms with Crippen LogP contribution >= 0.6 is 15.9 Å². The molecule has 4 heteroatoms. The fourth-order valence-corrected chi connectivity index (χ4v) is 4.14. The van der Waals surface area contributed by atoms with Crippen LogP contribution in [0, 0.1) is 0 Å². The number of nitrogens with one attached hydrogen (secondary N) is 1. The molecular weight excluding hydrogens is 400 g/mol. The van der Waals surface area contributed by atoms with Crippen LogP contribution in [0.15, 0.2) is 83.3 Å². The Balaban J connectivity index is 1.83. The molecule has 27 heavy (non-hydrogen) atoms. The van der Waals surface area contributed by atoms with Crippen molar-refractivity contribution in [2.24, 2.45) is 0 Å². The maximum Gasteiger partial charge on any atom is 0.258 e. The number of fused-ring (bicyclic) bond motifs is 1. The highest BCUT2D eigenvalue weighted by Crippen LogP contribution is 2.39. The van der Waals surface area contributed by atoms with Crippen LogP contribution in [0.5, 0.6) is 0 Å². The SMILES string of the molecule is CC1CC(N(C(=O)c2cccc(Br)c2)c2ccccc2)c2ccccc2N1. The molecule has 1 N–H and O–H groups in total. The minimum atomic E-state index is -0.0219. The second kappa shape index (κ2) is 7.57. The lowest BCUT2D eigenvalue weighted by molar-refractivity contribution is 0.0974. The van der Waals surface area contributed by atoms with Crippen molar-refractivity contribution in [3.05, 3.63) is 94.5 Å². The highest BCUT2D eigenvalue weighted by atomic mass is 79.9. The van der Waals surface area contributed by atoms with Gasteiger partial charge in [0.15, 0.2) is 0 Å². The number of hydrogen-bond acceptors (Lipinski definition) is 2. The van der Waals surface area contributed by atoms with Crippen LogP contribution in [0.1, 0.15) is 35.3 Å². The first kappa shape index (κ1) is 17.8. The predicted molar refractivity (Wildman–Crippen MR) is 114 cm³/mol. The van der Waals surface area contributed by atoms with Crippen LogP contribution in [-0.4, -0.2) is 11.9 Å². The molecule has 0 radical (unpaired) electrons. The molecule has 0 saturated heterocycles. The minimum Gasteiger partial charge on any atom is -0.382 e. The quantitative estimate of drug-likeness (QED) is 0.559. The zero-order valence-corrected chi connectivity index (χ0v) is 16.7. The molecule has 0 spiro atoms. The number of amides is 1. The van der Waals surface area contributed by atoms with E-state index in [2.05, 4.69) is 40.3 Å². The predicted octanol–water partition coefficient (Wildman–Crippen LogP) is 6.04. The van der Waals surface area contributed by atoms with E-state index < -0.39 is 0 Å². The van der Waals surface area contributed by atoms with E-state index in [0.29, 0.717) is 5.56 Å². The van der Waals surface area contributed by atoms with Crippen molar-refractivity contribution in [1.82, 2.24) is 0 Å². The van der Waals surface area contributed by atoms with Crippen molar-refractivity contribution >= 4 is 33.2 Å². The van der Waals surface area contributed by atoms with E-state index in [1.165, 1.54) is 0 Å². The maximum absolute atomic E-state index is 13.6. The molecule has 2 atom stereocenters. The summed E-state index contributed by atoms with van der Waals surface area (Å²) in [5, 5.41) is 3.54. The number of nitrogens with zero attached hydrogens (tertiary/aromatic N) is 1. The minimum absolute atomic E-state index is 0.0106. The van der Waals surface area contributed by atoms with E-state index in [1.807, 2.05) is 71.6 Å². The number of rotatable bonds is 3. The highest BCUT2D eigenvalue weighted by molar-refractivity contribution is 9.10. The van der Waals surface area contributed by atoms with Gasteiger partial charge in [0.25, 0.3) is 5.91 Å². The number of carbonyl (C=O) groups is 1. The van der Waals surface area contributed by atoms with E-state index in [4.69, 9.17) is 0 Å². The normalized spacial score (nSPS) is 18.3. The third-order valence-electron chi connectivity index (χ3n) is 4.93. The van der Waals surface area contributed by atoms with Gasteiger partial charge >= 0.3 is 0 Å². The number of anilines is 2. The van der Waals surface area contributed by atoms with Gasteiger partial charge in [-0.1, -0.05) is 58.4 Å². The summed E-state index contributed by atoms with van der Waals surface area (Å²) in [6, 6.07) is 26.1. The lowest BCUT2D eigenvalue weighted by Crippen LogP contribution is -2.40. The maximum atomic E-state index is 13.6. The van der Waals surface area contributed by atoms with Gasteiger partial charge in [0.05, 0.1) is 6.04 Å². The van der Waals surface area contributed by atoms with Gasteiger partial charge in [-0.25, -0.2) is 0 Å². The zero-order chi connectivity index (χ0) is 18.8. The monoisotopic (exact) mass is 420 g/mol. The van der Waals surface area contributed by atoms with Gasteiger partial charge in [0, 0.05) is 27.5 Å². The summed E-state index contributed by atoms with van der Waals surface area (Å²) in [5.41, 5.74) is 3.85. The number of para-hydroxylation sites is 2. The summed E-state index contributed by atoms with van der Waals surface area (Å²) in [5.74, 6) is 0.0106. The Hall–Kier alpha value is -2.59. The summed E-state index contributed by atoms with van der Waals surface area (Å²) in [7, 11) is 0. The standard InChI is InChI=1S/C23H21BrN2O/c1-16-14-22(20-12-5-6-13-21(20)25-16)26(19-10-3-2-4-11-19)23(27)17-8-7-9-18(24)15-17/h2-13,15-16,22,25H,14H2,1H3. The van der Waals surface area contributed by atoms with Crippen LogP contribution in [0.4, 0.5) is 11.4 Å². The van der Waals surface area contributed by atoms with E-state index >= 15 is 0 Å². The van der Waals surface area contributed by atoms with Crippen LogP contribution in [-0.2, 0) is 0 Å². The third-order valence-corrected chi connectivity index (χ3v) is 5.43. The molecule has 3 aromatic rings. The fraction of sp³-hybridized carbons (Fsp3) is 0.174. The molecule has 136 valence electrons. The van der Waals surface area contributed by atoms with E-state index in [0.717, 1.165) is 27.8 Å². The van der Waals surface area contributed by atoms with Gasteiger partial charge in [-0.15, -0.1) is 0 Å². The lowest BCUT2D eigenvalue weighted by atomic mass is 9.91. The van der Waals surface area contributed by atoms with Gasteiger partial charge in [-0.3, -0.25) is 4.79 Å². The Bertz CT molecular complexity index is 957. The molecule has 1 aliphatic rings. The summed E-state index contributed by atoms with van der Waals surface area (Å²) in [4.78, 5) is 15.5. The molecule has 3 nitrogen and oxygen atoms in total. The van der Waals surface area contributed by atoms with Crippen LogP contribution in [0.3, 0.4) is 0 Å². The Labute approximate surface area is 168 Å². The summed E-state index contributed by atoms with van der Waals surface area (Å²) >= 11 is 3.49. The first-order valence-corrected chi connectivity index (χ1v) is 9.92. The molecule has 3 aromatic carbocycles. The van der Waals surface area contributed by atoms with Gasteiger partial charge in [0.2, 0.25) is 0 Å². The number of hydrogen-bond donors (Lipinski definition) is 1. The molecule has 0 aliphatic carbocycles. The molecule has 1 heterocycles. The summed E-state index contributed by atoms with van der Waals surface area (Å²) in [6.07, 6.45) is 0.853. The lowest BCUT2D eigenvalue weighted by Gasteiger charge is -2.39. The van der Waals surface area contributed by atoms with Crippen molar-refractivity contribution < 1.29 is 4.79 Å². The molecule has 0 aromatic heterocycles. The van der Waals surface area contributed by atoms with Crippen molar-refractivity contribution in [2.45, 2.75) is 25.4 Å². The highest BCUT2D eigenvalue weighted by Gasteiger charge is 2.33. The Morgan fingerprint density at radius 3 is 2.52 bits per heavy atom. The fourth-order valence-electron chi connectivity index (χ4n) is 3.74. The van der Waals surface area contributed by atoms with Crippen molar-refractivity contribution in [3.63, 3.8) is 0 Å². The average Bonchev–Trinajstić information content (AvgIpc) is 2.69. The van der Waals surface area contributed by atoms with Crippen LogP contribution < -0.4 is 10.2 Å². The number of carbonyl (C=O) groups excluding carboxylic acids is 1. The number of halogens is 1. The third kappa shape index (κ3) is 3.62. The molecule has 0 fully saturated rings. The van der Waals surface area contributed by atoms with Gasteiger partial charge in [0.1, 0.15) is 0 Å². The molecular formula is C23H21BrN2O. The summed E-state index contributed by atoms with van der Waals surface area (Å²) < 4.78 is 0.903. The topological polar surface area (TPSA) is 32.3 Å². The molecule has 2 unspecified atom stereocenters. The zero-order valence-electron chi connectivity index (χ0n) is 15.1. The number of benzene rings is 3. The van der Waals surface area contributed by atoms with Gasteiger partial charge in [-0.2, -0.15) is 0 Å². The first-order valence-electron chi connectivity index (χ1n) is 9.13. The van der Waals surface area contributed by atoms with Crippen molar-refractivity contribution in [3.8, 4) is 0 Å². The van der Waals surface area contributed by atoms with E-state index in [9.17, 15) is 4.79 Å². The smallest absolute Gasteiger partial charge is 0.258 e. The molecule has 1 amide bonds. The van der Waals surface area contributed by atoms with Gasteiger partial charge in [-0.05, 0) is 55.3 Å². The average molecular weight is 421 g/mol. The Kier molecular flexibility index (Phi) is 4.99. The second-order valence-corrected chi connectivity index (χ2v) is 7.82. The van der Waals surface area contributed by atoms with E-state index in [1.54, 1.807) is 0 Å². The largest absolute Gasteiger partial charge is 0.382 e. The van der Waals surface area contributed by atoms with E-state index in [-0.39, 0.29) is 18.0 Å². The van der Waals surface area contributed by atoms with Crippen LogP contribution in [0.25, 0.3) is 0 Å². The van der Waals surface area contributed by atoms with Crippen molar-refractivity contribution in [1.29, 1.82) is 0 Å². The second-order valence-electron chi connectivity index (χ2n) is 6.91. The van der Waals surface area contributed by atoms with Crippen LogP contribution in [0.2, 0.25) is 0 Å². The molecule has 1 aliphatic heterocycles. The molecule has 4 rings (SSSR count). The molecule has 0 bridgehead atoms. The molecule has 0 saturated carbocycles. The first-order chi connectivity index (χ1) is 13.1. The van der Waals surface area contributed by atoms with Crippen molar-refractivity contribution in [2.75, 3.05) is 10.2 Å². The Morgan fingerprint density at radius 1 is 1.00 bits per heavy atom. The van der Waals surface area contributed by atoms with Gasteiger partial charge < -0.3 is 10.2 Å². The Morgan fingerprint density at radius 2 is 1.74 bits per heavy atom.